The number of carbonyl (C=O) groups is 1. The molecule has 114 valence electrons. The molecule has 0 aromatic heterocycles. The molecule has 1 aromatic rings. The SMILES string of the molecule is O=C(Cc1ccc(Br)cc1)C1CCCN1C1CCNCC1. The van der Waals surface area contributed by atoms with E-state index in [2.05, 4.69) is 26.1 Å². The lowest BCUT2D eigenvalue weighted by Gasteiger charge is -2.35. The van der Waals surface area contributed by atoms with Crippen LogP contribution in [-0.2, 0) is 11.2 Å². The molecule has 1 unspecified atom stereocenters. The first-order chi connectivity index (χ1) is 10.2. The predicted octanol–water partition coefficient (Wildman–Crippen LogP) is 2.78. The maximum atomic E-state index is 12.7. The summed E-state index contributed by atoms with van der Waals surface area (Å²) in [5.41, 5.74) is 1.13. The Morgan fingerprint density at radius 2 is 1.90 bits per heavy atom. The number of rotatable bonds is 4. The molecule has 1 aromatic carbocycles. The molecule has 4 heteroatoms. The van der Waals surface area contributed by atoms with Gasteiger partial charge in [-0.1, -0.05) is 28.1 Å². The van der Waals surface area contributed by atoms with Crippen LogP contribution in [0.15, 0.2) is 28.7 Å². The highest BCUT2D eigenvalue weighted by Crippen LogP contribution is 2.26. The van der Waals surface area contributed by atoms with Gasteiger partial charge in [-0.25, -0.2) is 0 Å². The van der Waals surface area contributed by atoms with Crippen LogP contribution in [0, 0.1) is 0 Å². The Kier molecular flexibility index (Phi) is 5.09. The van der Waals surface area contributed by atoms with E-state index in [4.69, 9.17) is 0 Å². The van der Waals surface area contributed by atoms with Gasteiger partial charge in [0.25, 0.3) is 0 Å². The molecule has 0 radical (unpaired) electrons. The number of carbonyl (C=O) groups excluding carboxylic acids is 1. The number of halogens is 1. The van der Waals surface area contributed by atoms with Gasteiger partial charge in [-0.3, -0.25) is 9.69 Å². The molecule has 0 amide bonds. The van der Waals surface area contributed by atoms with Gasteiger partial charge < -0.3 is 5.32 Å². The van der Waals surface area contributed by atoms with E-state index in [0.29, 0.717) is 18.2 Å². The van der Waals surface area contributed by atoms with Crippen LogP contribution in [0.4, 0.5) is 0 Å². The maximum Gasteiger partial charge on any atom is 0.154 e. The molecule has 0 saturated carbocycles. The maximum absolute atomic E-state index is 12.7. The average molecular weight is 351 g/mol. The van der Waals surface area contributed by atoms with Crippen molar-refractivity contribution in [2.24, 2.45) is 0 Å². The van der Waals surface area contributed by atoms with Crippen molar-refractivity contribution in [2.75, 3.05) is 19.6 Å². The molecule has 1 N–H and O–H groups in total. The number of hydrogen-bond donors (Lipinski definition) is 1. The minimum absolute atomic E-state index is 0.150. The number of nitrogens with one attached hydrogen (secondary N) is 1. The molecular formula is C17H23BrN2O. The monoisotopic (exact) mass is 350 g/mol. The molecule has 2 heterocycles. The number of Topliss-reactive ketones (excluding diaryl/α,β-unsaturated/α-hetero) is 1. The number of likely N-dealkylation sites (tertiary alicyclic amines) is 1. The van der Waals surface area contributed by atoms with Crippen LogP contribution in [0.3, 0.4) is 0 Å². The molecule has 3 nitrogen and oxygen atoms in total. The number of piperidine rings is 1. The van der Waals surface area contributed by atoms with Gasteiger partial charge in [-0.15, -0.1) is 0 Å². The molecule has 21 heavy (non-hydrogen) atoms. The summed E-state index contributed by atoms with van der Waals surface area (Å²) < 4.78 is 1.07. The first-order valence-electron chi connectivity index (χ1n) is 7.97. The van der Waals surface area contributed by atoms with Crippen molar-refractivity contribution in [3.63, 3.8) is 0 Å². The first kappa shape index (κ1) is 15.2. The molecular weight excluding hydrogens is 328 g/mol. The van der Waals surface area contributed by atoms with E-state index >= 15 is 0 Å². The van der Waals surface area contributed by atoms with Gasteiger partial charge in [0.1, 0.15) is 0 Å². The standard InChI is InChI=1S/C17H23BrN2O/c18-14-5-3-13(4-6-14)12-17(21)16-2-1-11-20(16)15-7-9-19-10-8-15/h3-6,15-16,19H,1-2,7-12H2. The zero-order valence-corrected chi connectivity index (χ0v) is 13.9. The Hall–Kier alpha value is -0.710. The van der Waals surface area contributed by atoms with E-state index in [1.54, 1.807) is 0 Å². The van der Waals surface area contributed by atoms with Crippen LogP contribution < -0.4 is 5.32 Å². The Bertz CT molecular complexity index is 482. The van der Waals surface area contributed by atoms with Gasteiger partial charge in [0.2, 0.25) is 0 Å². The molecule has 1 atom stereocenters. The van der Waals surface area contributed by atoms with E-state index in [1.807, 2.05) is 24.3 Å². The van der Waals surface area contributed by atoms with Crippen molar-refractivity contribution < 1.29 is 4.79 Å². The molecule has 2 saturated heterocycles. The van der Waals surface area contributed by atoms with E-state index in [1.165, 1.54) is 19.3 Å². The molecule has 2 aliphatic rings. The van der Waals surface area contributed by atoms with Crippen LogP contribution in [0.2, 0.25) is 0 Å². The fourth-order valence-corrected chi connectivity index (χ4v) is 3.90. The summed E-state index contributed by atoms with van der Waals surface area (Å²) in [7, 11) is 0. The molecule has 0 bridgehead atoms. The summed E-state index contributed by atoms with van der Waals surface area (Å²) in [5.74, 6) is 0.397. The predicted molar refractivity (Wildman–Crippen MR) is 88.5 cm³/mol. The number of benzene rings is 1. The van der Waals surface area contributed by atoms with Crippen molar-refractivity contribution in [2.45, 2.75) is 44.2 Å². The summed E-state index contributed by atoms with van der Waals surface area (Å²) in [6, 6.07) is 8.88. The van der Waals surface area contributed by atoms with Gasteiger partial charge in [-0.05, 0) is 63.0 Å². The van der Waals surface area contributed by atoms with Crippen LogP contribution in [0.1, 0.15) is 31.2 Å². The van der Waals surface area contributed by atoms with Gasteiger partial charge in [-0.2, -0.15) is 0 Å². The van der Waals surface area contributed by atoms with Crippen molar-refractivity contribution >= 4 is 21.7 Å². The minimum Gasteiger partial charge on any atom is -0.317 e. The Balaban J connectivity index is 1.63. The highest BCUT2D eigenvalue weighted by atomic mass is 79.9. The minimum atomic E-state index is 0.150. The van der Waals surface area contributed by atoms with E-state index < -0.39 is 0 Å². The van der Waals surface area contributed by atoms with Gasteiger partial charge in [0.05, 0.1) is 6.04 Å². The smallest absolute Gasteiger partial charge is 0.154 e. The summed E-state index contributed by atoms with van der Waals surface area (Å²) in [5, 5.41) is 3.41. The number of nitrogens with zero attached hydrogens (tertiary/aromatic N) is 1. The molecule has 2 fully saturated rings. The molecule has 3 rings (SSSR count). The molecule has 0 aliphatic carbocycles. The van der Waals surface area contributed by atoms with Crippen LogP contribution in [0.5, 0.6) is 0 Å². The van der Waals surface area contributed by atoms with Gasteiger partial charge >= 0.3 is 0 Å². The second-order valence-electron chi connectivity index (χ2n) is 6.15. The van der Waals surface area contributed by atoms with E-state index in [-0.39, 0.29) is 6.04 Å². The van der Waals surface area contributed by atoms with Crippen molar-refractivity contribution in [3.8, 4) is 0 Å². The summed E-state index contributed by atoms with van der Waals surface area (Å²) >= 11 is 3.44. The fourth-order valence-electron chi connectivity index (χ4n) is 3.63. The van der Waals surface area contributed by atoms with Crippen LogP contribution in [-0.4, -0.2) is 42.4 Å². The third-order valence-electron chi connectivity index (χ3n) is 4.74. The van der Waals surface area contributed by atoms with Crippen LogP contribution >= 0.6 is 15.9 Å². The highest BCUT2D eigenvalue weighted by molar-refractivity contribution is 9.10. The number of ketones is 1. The lowest BCUT2D eigenvalue weighted by molar-refractivity contribution is -0.123. The van der Waals surface area contributed by atoms with Crippen molar-refractivity contribution in [3.05, 3.63) is 34.3 Å². The lowest BCUT2D eigenvalue weighted by Crippen LogP contribution is -2.48. The molecule has 0 spiro atoms. The second kappa shape index (κ2) is 7.03. The summed E-state index contributed by atoms with van der Waals surface area (Å²) in [6.07, 6.45) is 5.14. The van der Waals surface area contributed by atoms with Crippen molar-refractivity contribution in [1.29, 1.82) is 0 Å². The van der Waals surface area contributed by atoms with Gasteiger partial charge in [0, 0.05) is 16.9 Å². The third-order valence-corrected chi connectivity index (χ3v) is 5.26. The summed E-state index contributed by atoms with van der Waals surface area (Å²) in [6.45, 7) is 3.28. The largest absolute Gasteiger partial charge is 0.317 e. The lowest BCUT2D eigenvalue weighted by atomic mass is 9.98. The van der Waals surface area contributed by atoms with Crippen LogP contribution in [0.25, 0.3) is 0 Å². The number of hydrogen-bond acceptors (Lipinski definition) is 3. The second-order valence-corrected chi connectivity index (χ2v) is 7.06. The average Bonchev–Trinajstić information content (AvgIpc) is 3.00. The van der Waals surface area contributed by atoms with E-state index in [0.717, 1.165) is 36.1 Å². The fraction of sp³-hybridized carbons (Fsp3) is 0.588. The zero-order valence-electron chi connectivity index (χ0n) is 12.4. The first-order valence-corrected chi connectivity index (χ1v) is 8.77. The Morgan fingerprint density at radius 3 is 2.62 bits per heavy atom. The van der Waals surface area contributed by atoms with E-state index in [9.17, 15) is 4.79 Å². The van der Waals surface area contributed by atoms with Gasteiger partial charge in [0.15, 0.2) is 5.78 Å². The molecule has 2 aliphatic heterocycles. The topological polar surface area (TPSA) is 32.3 Å². The Morgan fingerprint density at radius 1 is 1.19 bits per heavy atom. The quantitative estimate of drug-likeness (QED) is 0.906. The van der Waals surface area contributed by atoms with Crippen molar-refractivity contribution in [1.82, 2.24) is 10.2 Å². The normalized spacial score (nSPS) is 24.3. The highest BCUT2D eigenvalue weighted by Gasteiger charge is 2.35. The zero-order chi connectivity index (χ0) is 14.7. The summed E-state index contributed by atoms with van der Waals surface area (Å²) in [4.78, 5) is 15.2. The third kappa shape index (κ3) is 3.74. The Labute approximate surface area is 135 Å².